The third kappa shape index (κ3) is 10.6. The Kier molecular flexibility index (Phi) is 14.5. The first kappa shape index (κ1) is 42.9. The van der Waals surface area contributed by atoms with Crippen LogP contribution in [0.3, 0.4) is 0 Å². The normalized spacial score (nSPS) is 14.5. The van der Waals surface area contributed by atoms with Crippen LogP contribution >= 0.6 is 23.1 Å². The molecule has 4 aromatic rings. The smallest absolute Gasteiger partial charge is 0.341 e. The van der Waals surface area contributed by atoms with E-state index in [0.29, 0.717) is 57.0 Å². The van der Waals surface area contributed by atoms with Gasteiger partial charge in [0.15, 0.2) is 11.5 Å². The number of thiophene rings is 1. The lowest BCUT2D eigenvalue weighted by molar-refractivity contribution is -0.116. The molecule has 2 atom stereocenters. The Bertz CT molecular complexity index is 2100. The molecule has 0 saturated heterocycles. The number of nitrogens with one attached hydrogen (secondary N) is 3. The van der Waals surface area contributed by atoms with Gasteiger partial charge in [0.25, 0.3) is 11.8 Å². The Morgan fingerprint density at radius 1 is 0.912 bits per heavy atom. The third-order valence-electron chi connectivity index (χ3n) is 9.77. The fourth-order valence-corrected chi connectivity index (χ4v) is 8.98. The minimum Gasteiger partial charge on any atom is -0.493 e. The standard InChI is InChI=1S/C44H51N3O8S2/c1-9-35(41(50)47-42-37(43(51)55-10-2)31-20-19-28(44(3,4)5)24-36(31)57-42)56-30-18-14-17-29(25-30)45-40(49)32(46-39(48)27-15-12-11-13-16-27)21-26-22-33(52-6)38(54-8)34(23-26)53-7/h11-18,21-23,25,28,35H,9-10,19-20,24H2,1-8H3,(H,45,49)(H,46,48)(H,47,50)/b32-21+. The number of hydrogen-bond acceptors (Lipinski definition) is 10. The molecule has 57 heavy (non-hydrogen) atoms. The van der Waals surface area contributed by atoms with Crippen molar-refractivity contribution in [1.82, 2.24) is 5.32 Å². The molecule has 1 heterocycles. The SMILES string of the molecule is CCOC(=O)c1c(NC(=O)C(CC)Sc2cccc(NC(=O)/C(=C\c3cc(OC)c(OC)c(OC)c3)NC(=O)c3ccccc3)c2)sc2c1CCC(C(C)(C)C)C2. The van der Waals surface area contributed by atoms with Gasteiger partial charge in [-0.2, -0.15) is 0 Å². The molecule has 5 rings (SSSR count). The number of benzene rings is 3. The fourth-order valence-electron chi connectivity index (χ4n) is 6.65. The average Bonchev–Trinajstić information content (AvgIpc) is 3.56. The largest absolute Gasteiger partial charge is 0.493 e. The predicted molar refractivity (Wildman–Crippen MR) is 227 cm³/mol. The number of rotatable bonds is 15. The molecule has 302 valence electrons. The number of amides is 3. The molecule has 0 bridgehead atoms. The van der Waals surface area contributed by atoms with Crippen molar-refractivity contribution in [1.29, 1.82) is 0 Å². The number of carbonyl (C=O) groups is 4. The van der Waals surface area contributed by atoms with Crippen LogP contribution in [0, 0.1) is 11.3 Å². The maximum Gasteiger partial charge on any atom is 0.341 e. The monoisotopic (exact) mass is 813 g/mol. The van der Waals surface area contributed by atoms with Crippen molar-refractivity contribution >= 4 is 63.6 Å². The van der Waals surface area contributed by atoms with Gasteiger partial charge in [-0.15, -0.1) is 23.1 Å². The van der Waals surface area contributed by atoms with Gasteiger partial charge in [-0.05, 0) is 104 Å². The Hall–Kier alpha value is -5.27. The summed E-state index contributed by atoms with van der Waals surface area (Å²) in [5.41, 5.74) is 2.88. The Morgan fingerprint density at radius 3 is 2.23 bits per heavy atom. The molecule has 0 fully saturated rings. The Labute approximate surface area is 342 Å². The highest BCUT2D eigenvalue weighted by molar-refractivity contribution is 8.00. The van der Waals surface area contributed by atoms with Crippen molar-refractivity contribution < 1.29 is 38.1 Å². The lowest BCUT2D eigenvalue weighted by atomic mass is 9.72. The summed E-state index contributed by atoms with van der Waals surface area (Å²) in [5.74, 6) is -0.0971. The van der Waals surface area contributed by atoms with Crippen LogP contribution in [0.25, 0.3) is 6.08 Å². The van der Waals surface area contributed by atoms with E-state index < -0.39 is 23.0 Å². The van der Waals surface area contributed by atoms with E-state index in [1.54, 1.807) is 67.6 Å². The van der Waals surface area contributed by atoms with Gasteiger partial charge in [0.1, 0.15) is 10.7 Å². The van der Waals surface area contributed by atoms with Crippen molar-refractivity contribution in [2.45, 2.75) is 70.4 Å². The number of ether oxygens (including phenoxy) is 4. The predicted octanol–water partition coefficient (Wildman–Crippen LogP) is 9.02. The number of anilines is 2. The molecule has 0 aliphatic heterocycles. The van der Waals surface area contributed by atoms with Crippen molar-refractivity contribution in [2.24, 2.45) is 11.3 Å². The summed E-state index contributed by atoms with van der Waals surface area (Å²) < 4.78 is 21.9. The molecule has 1 aliphatic rings. The number of esters is 1. The lowest BCUT2D eigenvalue weighted by Crippen LogP contribution is -2.30. The highest BCUT2D eigenvalue weighted by Gasteiger charge is 2.35. The molecule has 3 aromatic carbocycles. The van der Waals surface area contributed by atoms with Crippen LogP contribution in [0.2, 0.25) is 0 Å². The van der Waals surface area contributed by atoms with Crippen LogP contribution in [0.1, 0.15) is 84.2 Å². The molecular formula is C44H51N3O8S2. The van der Waals surface area contributed by atoms with Crippen LogP contribution in [0.5, 0.6) is 17.2 Å². The number of thioether (sulfide) groups is 1. The summed E-state index contributed by atoms with van der Waals surface area (Å²) in [6.45, 7) is 10.7. The summed E-state index contributed by atoms with van der Waals surface area (Å²) >= 11 is 2.83. The number of methoxy groups -OCH3 is 3. The molecule has 1 aliphatic carbocycles. The first-order valence-electron chi connectivity index (χ1n) is 18.9. The number of carbonyl (C=O) groups excluding carboxylic acids is 4. The van der Waals surface area contributed by atoms with Gasteiger partial charge < -0.3 is 34.9 Å². The molecule has 0 saturated carbocycles. The zero-order valence-electron chi connectivity index (χ0n) is 33.7. The van der Waals surface area contributed by atoms with E-state index in [1.165, 1.54) is 50.5 Å². The summed E-state index contributed by atoms with van der Waals surface area (Å²) in [4.78, 5) is 56.2. The van der Waals surface area contributed by atoms with E-state index >= 15 is 0 Å². The molecule has 0 spiro atoms. The molecule has 1 aromatic heterocycles. The maximum atomic E-state index is 13.9. The van der Waals surface area contributed by atoms with E-state index in [-0.39, 0.29) is 23.6 Å². The van der Waals surface area contributed by atoms with Gasteiger partial charge in [-0.1, -0.05) is 52.0 Å². The van der Waals surface area contributed by atoms with Gasteiger partial charge in [-0.3, -0.25) is 14.4 Å². The van der Waals surface area contributed by atoms with Gasteiger partial charge in [0, 0.05) is 21.0 Å². The fraction of sp³-hybridized carbons (Fsp3) is 0.364. The second kappa shape index (κ2) is 19.3. The number of hydrogen-bond donors (Lipinski definition) is 3. The first-order valence-corrected chi connectivity index (χ1v) is 20.6. The van der Waals surface area contributed by atoms with E-state index in [2.05, 4.69) is 36.7 Å². The highest BCUT2D eigenvalue weighted by Crippen LogP contribution is 2.45. The first-order chi connectivity index (χ1) is 27.3. The minimum atomic E-state index is -0.582. The van der Waals surface area contributed by atoms with Crippen molar-refractivity contribution in [3.05, 3.63) is 99.6 Å². The lowest BCUT2D eigenvalue weighted by Gasteiger charge is -2.33. The molecule has 11 nitrogen and oxygen atoms in total. The van der Waals surface area contributed by atoms with Crippen LogP contribution in [0.4, 0.5) is 10.7 Å². The van der Waals surface area contributed by atoms with Gasteiger partial charge in [-0.25, -0.2) is 4.79 Å². The van der Waals surface area contributed by atoms with Crippen molar-refractivity contribution in [3.8, 4) is 17.2 Å². The molecule has 13 heteroatoms. The van der Waals surface area contributed by atoms with Gasteiger partial charge >= 0.3 is 5.97 Å². The summed E-state index contributed by atoms with van der Waals surface area (Å²) in [7, 11) is 4.48. The average molecular weight is 814 g/mol. The molecule has 2 unspecified atom stereocenters. The zero-order chi connectivity index (χ0) is 41.3. The van der Waals surface area contributed by atoms with E-state index in [1.807, 2.05) is 13.0 Å². The van der Waals surface area contributed by atoms with Crippen molar-refractivity contribution in [2.75, 3.05) is 38.6 Å². The summed E-state index contributed by atoms with van der Waals surface area (Å²) in [6, 6.07) is 19.1. The van der Waals surface area contributed by atoms with Crippen LogP contribution in [-0.2, 0) is 27.2 Å². The molecule has 0 radical (unpaired) electrons. The highest BCUT2D eigenvalue weighted by atomic mass is 32.2. The van der Waals surface area contributed by atoms with Crippen LogP contribution in [-0.4, -0.2) is 56.9 Å². The Balaban J connectivity index is 1.37. The Morgan fingerprint density at radius 2 is 1.61 bits per heavy atom. The second-order valence-corrected chi connectivity index (χ2v) is 16.9. The summed E-state index contributed by atoms with van der Waals surface area (Å²) in [6.07, 6.45) is 4.61. The van der Waals surface area contributed by atoms with E-state index in [9.17, 15) is 19.2 Å². The van der Waals surface area contributed by atoms with Crippen molar-refractivity contribution in [3.63, 3.8) is 0 Å². The molecule has 3 N–H and O–H groups in total. The molecule has 3 amide bonds. The topological polar surface area (TPSA) is 141 Å². The number of fused-ring (bicyclic) bond motifs is 1. The molecular weight excluding hydrogens is 763 g/mol. The minimum absolute atomic E-state index is 0.0353. The van der Waals surface area contributed by atoms with Crippen LogP contribution in [0.15, 0.2) is 77.3 Å². The van der Waals surface area contributed by atoms with Crippen LogP contribution < -0.4 is 30.2 Å². The van der Waals surface area contributed by atoms with E-state index in [4.69, 9.17) is 18.9 Å². The summed E-state index contributed by atoms with van der Waals surface area (Å²) in [5, 5.41) is 8.76. The maximum absolute atomic E-state index is 13.9. The van der Waals surface area contributed by atoms with E-state index in [0.717, 1.165) is 34.6 Å². The quantitative estimate of drug-likeness (QED) is 0.0609. The third-order valence-corrected chi connectivity index (χ3v) is 12.3. The second-order valence-electron chi connectivity index (χ2n) is 14.6. The van der Waals surface area contributed by atoms with Gasteiger partial charge in [0.2, 0.25) is 11.7 Å². The van der Waals surface area contributed by atoms with Gasteiger partial charge in [0.05, 0.1) is 38.7 Å². The zero-order valence-corrected chi connectivity index (χ0v) is 35.3.